The molecule has 0 amide bonds. The molecule has 7 nitrogen and oxygen atoms in total. The average molecular weight is 296 g/mol. The maximum atomic E-state index is 5.43. The standard InChI is InChI=1S/C14H28N6O/c1-5-9-21-14-18-12(17-13(19-14)20-15)16-11(4)8-6-7-10(2)3/h10-11H,5-9,15H2,1-4H3,(H2,16,17,18,19,20). The molecule has 1 rings (SSSR count). The number of aromatic nitrogens is 3. The zero-order chi connectivity index (χ0) is 15.7. The Morgan fingerprint density at radius 3 is 2.43 bits per heavy atom. The van der Waals surface area contributed by atoms with Crippen LogP contribution in [0.25, 0.3) is 0 Å². The SMILES string of the molecule is CCCOc1nc(NN)nc(NC(C)CCCC(C)C)n1. The number of nitrogens with zero attached hydrogens (tertiary/aromatic N) is 3. The predicted octanol–water partition coefficient (Wildman–Crippen LogP) is 2.57. The van der Waals surface area contributed by atoms with Gasteiger partial charge in [0.25, 0.3) is 0 Å². The lowest BCUT2D eigenvalue weighted by Crippen LogP contribution is -2.20. The minimum atomic E-state index is 0.288. The van der Waals surface area contributed by atoms with Gasteiger partial charge in [-0.25, -0.2) is 5.84 Å². The summed E-state index contributed by atoms with van der Waals surface area (Å²) in [5, 5.41) is 3.27. The van der Waals surface area contributed by atoms with Crippen molar-refractivity contribution >= 4 is 11.9 Å². The van der Waals surface area contributed by atoms with Crippen LogP contribution in [0.5, 0.6) is 6.01 Å². The second kappa shape index (κ2) is 9.33. The van der Waals surface area contributed by atoms with E-state index in [1.807, 2.05) is 6.92 Å². The van der Waals surface area contributed by atoms with Crippen molar-refractivity contribution in [1.82, 2.24) is 15.0 Å². The summed E-state index contributed by atoms with van der Waals surface area (Å²) >= 11 is 0. The van der Waals surface area contributed by atoms with E-state index >= 15 is 0 Å². The summed E-state index contributed by atoms with van der Waals surface area (Å²) in [7, 11) is 0. The summed E-state index contributed by atoms with van der Waals surface area (Å²) < 4.78 is 5.43. The van der Waals surface area contributed by atoms with E-state index in [4.69, 9.17) is 10.6 Å². The van der Waals surface area contributed by atoms with E-state index in [1.165, 1.54) is 12.8 Å². The lowest BCUT2D eigenvalue weighted by atomic mass is 10.0. The number of anilines is 2. The van der Waals surface area contributed by atoms with Crippen LogP contribution < -0.4 is 21.3 Å². The van der Waals surface area contributed by atoms with E-state index in [0.29, 0.717) is 18.5 Å². The molecule has 0 radical (unpaired) electrons. The second-order valence-corrected chi connectivity index (χ2v) is 5.63. The highest BCUT2D eigenvalue weighted by atomic mass is 16.5. The molecule has 4 N–H and O–H groups in total. The quantitative estimate of drug-likeness (QED) is 0.451. The summed E-state index contributed by atoms with van der Waals surface area (Å²) in [6, 6.07) is 0.576. The Bertz CT molecular complexity index is 412. The minimum absolute atomic E-state index is 0.288. The van der Waals surface area contributed by atoms with Crippen LogP contribution in [-0.2, 0) is 0 Å². The molecule has 1 heterocycles. The van der Waals surface area contributed by atoms with Crippen molar-refractivity contribution in [2.75, 3.05) is 17.3 Å². The van der Waals surface area contributed by atoms with Gasteiger partial charge in [-0.2, -0.15) is 15.0 Å². The Hall–Kier alpha value is -1.63. The zero-order valence-electron chi connectivity index (χ0n) is 13.5. The molecular formula is C14H28N6O. The third kappa shape index (κ3) is 7.08. The molecule has 7 heteroatoms. The van der Waals surface area contributed by atoms with Crippen LogP contribution in [0.1, 0.15) is 53.4 Å². The fourth-order valence-corrected chi connectivity index (χ4v) is 1.87. The fourth-order valence-electron chi connectivity index (χ4n) is 1.87. The molecule has 0 saturated carbocycles. The van der Waals surface area contributed by atoms with Gasteiger partial charge in [0.2, 0.25) is 11.9 Å². The molecule has 1 unspecified atom stereocenters. The van der Waals surface area contributed by atoms with E-state index < -0.39 is 0 Å². The third-order valence-electron chi connectivity index (χ3n) is 2.97. The highest BCUT2D eigenvalue weighted by Gasteiger charge is 2.10. The van der Waals surface area contributed by atoms with Gasteiger partial charge in [-0.1, -0.05) is 33.6 Å². The summed E-state index contributed by atoms with van der Waals surface area (Å²) in [5.74, 6) is 6.89. The first-order valence-corrected chi connectivity index (χ1v) is 7.67. The molecule has 0 aliphatic carbocycles. The van der Waals surface area contributed by atoms with Crippen molar-refractivity contribution in [3.63, 3.8) is 0 Å². The van der Waals surface area contributed by atoms with E-state index in [-0.39, 0.29) is 12.1 Å². The Morgan fingerprint density at radius 2 is 1.81 bits per heavy atom. The van der Waals surface area contributed by atoms with Crippen LogP contribution in [0.2, 0.25) is 0 Å². The average Bonchev–Trinajstić information content (AvgIpc) is 2.44. The van der Waals surface area contributed by atoms with Gasteiger partial charge in [0.05, 0.1) is 6.61 Å². The first kappa shape index (κ1) is 17.4. The van der Waals surface area contributed by atoms with Crippen LogP contribution in [0, 0.1) is 5.92 Å². The Morgan fingerprint density at radius 1 is 1.10 bits per heavy atom. The smallest absolute Gasteiger partial charge is 0.323 e. The van der Waals surface area contributed by atoms with Crippen molar-refractivity contribution in [1.29, 1.82) is 0 Å². The summed E-state index contributed by atoms with van der Waals surface area (Å²) in [6.45, 7) is 9.18. The molecule has 1 aromatic rings. The van der Waals surface area contributed by atoms with E-state index in [2.05, 4.69) is 46.5 Å². The van der Waals surface area contributed by atoms with Gasteiger partial charge in [0.1, 0.15) is 0 Å². The lowest BCUT2D eigenvalue weighted by molar-refractivity contribution is 0.292. The maximum Gasteiger partial charge on any atom is 0.323 e. The summed E-state index contributed by atoms with van der Waals surface area (Å²) in [6.07, 6.45) is 4.37. The van der Waals surface area contributed by atoms with Gasteiger partial charge < -0.3 is 10.1 Å². The molecule has 21 heavy (non-hydrogen) atoms. The molecule has 0 aliphatic heterocycles. The summed E-state index contributed by atoms with van der Waals surface area (Å²) in [5.41, 5.74) is 2.43. The van der Waals surface area contributed by atoms with Gasteiger partial charge in [-0.15, -0.1) is 0 Å². The van der Waals surface area contributed by atoms with Crippen molar-refractivity contribution < 1.29 is 4.74 Å². The first-order chi connectivity index (χ1) is 10.0. The van der Waals surface area contributed by atoms with Crippen LogP contribution in [0.4, 0.5) is 11.9 Å². The van der Waals surface area contributed by atoms with Crippen LogP contribution >= 0.6 is 0 Å². The number of nitrogens with two attached hydrogens (primary N) is 1. The number of rotatable bonds is 10. The fraction of sp³-hybridized carbons (Fsp3) is 0.786. The third-order valence-corrected chi connectivity index (χ3v) is 2.97. The largest absolute Gasteiger partial charge is 0.463 e. The Balaban J connectivity index is 2.59. The Labute approximate surface area is 127 Å². The molecule has 0 saturated heterocycles. The molecule has 1 atom stereocenters. The monoisotopic (exact) mass is 296 g/mol. The normalized spacial score (nSPS) is 12.3. The molecule has 0 bridgehead atoms. The number of hydrazine groups is 1. The van der Waals surface area contributed by atoms with Gasteiger partial charge in [0, 0.05) is 6.04 Å². The van der Waals surface area contributed by atoms with Gasteiger partial charge in [-0.3, -0.25) is 5.43 Å². The maximum absolute atomic E-state index is 5.43. The minimum Gasteiger partial charge on any atom is -0.463 e. The number of nitrogen functional groups attached to an aromatic ring is 1. The van der Waals surface area contributed by atoms with Crippen LogP contribution in [-0.4, -0.2) is 27.6 Å². The number of ether oxygens (including phenoxy) is 1. The molecule has 0 aromatic carbocycles. The van der Waals surface area contributed by atoms with Crippen molar-refractivity contribution in [2.24, 2.45) is 11.8 Å². The van der Waals surface area contributed by atoms with Crippen molar-refractivity contribution in [2.45, 2.75) is 59.4 Å². The zero-order valence-corrected chi connectivity index (χ0v) is 13.5. The first-order valence-electron chi connectivity index (χ1n) is 7.67. The highest BCUT2D eigenvalue weighted by molar-refractivity contribution is 5.35. The van der Waals surface area contributed by atoms with Crippen molar-refractivity contribution in [3.05, 3.63) is 0 Å². The van der Waals surface area contributed by atoms with Gasteiger partial charge in [-0.05, 0) is 25.7 Å². The highest BCUT2D eigenvalue weighted by Crippen LogP contribution is 2.14. The number of hydrogen-bond donors (Lipinski definition) is 3. The molecule has 0 aliphatic rings. The molecular weight excluding hydrogens is 268 g/mol. The lowest BCUT2D eigenvalue weighted by Gasteiger charge is -2.15. The topological polar surface area (TPSA) is 98.0 Å². The van der Waals surface area contributed by atoms with Crippen LogP contribution in [0.15, 0.2) is 0 Å². The molecule has 1 aromatic heterocycles. The predicted molar refractivity (Wildman–Crippen MR) is 85.2 cm³/mol. The molecule has 0 spiro atoms. The molecule has 0 fully saturated rings. The molecule has 120 valence electrons. The van der Waals surface area contributed by atoms with E-state index in [9.17, 15) is 0 Å². The Kier molecular flexibility index (Phi) is 7.74. The van der Waals surface area contributed by atoms with E-state index in [0.717, 1.165) is 18.8 Å². The number of hydrogen-bond acceptors (Lipinski definition) is 7. The van der Waals surface area contributed by atoms with Gasteiger partial charge in [0.15, 0.2) is 0 Å². The summed E-state index contributed by atoms with van der Waals surface area (Å²) in [4.78, 5) is 12.5. The van der Waals surface area contributed by atoms with E-state index in [1.54, 1.807) is 0 Å². The van der Waals surface area contributed by atoms with Crippen molar-refractivity contribution in [3.8, 4) is 6.01 Å². The van der Waals surface area contributed by atoms with Crippen LogP contribution in [0.3, 0.4) is 0 Å². The van der Waals surface area contributed by atoms with Gasteiger partial charge >= 0.3 is 6.01 Å². The number of nitrogens with one attached hydrogen (secondary N) is 2. The second-order valence-electron chi connectivity index (χ2n) is 5.63.